The Morgan fingerprint density at radius 3 is 2.47 bits per heavy atom. The molecule has 5 nitrogen and oxygen atoms in total. The normalized spacial score (nSPS) is 16.4. The van der Waals surface area contributed by atoms with Crippen LogP contribution in [0.5, 0.6) is 11.5 Å². The van der Waals surface area contributed by atoms with Crippen molar-refractivity contribution in [1.29, 1.82) is 0 Å². The van der Waals surface area contributed by atoms with E-state index < -0.39 is 5.82 Å². The zero-order valence-corrected chi connectivity index (χ0v) is 19.9. The summed E-state index contributed by atoms with van der Waals surface area (Å²) < 4.78 is 24.9. The summed E-state index contributed by atoms with van der Waals surface area (Å²) in [6.07, 6.45) is 1.58. The molecule has 0 saturated carbocycles. The molecule has 1 N–H and O–H groups in total. The second kappa shape index (κ2) is 10.7. The van der Waals surface area contributed by atoms with Crippen LogP contribution in [0.15, 0.2) is 66.7 Å². The Morgan fingerprint density at radius 1 is 1.06 bits per heavy atom. The van der Waals surface area contributed by atoms with Gasteiger partial charge in [0.1, 0.15) is 5.82 Å². The molecular weight excluding hydrogens is 431 g/mol. The number of nitrogens with one attached hydrogen (secondary N) is 1. The monoisotopic (exact) mass is 462 g/mol. The summed E-state index contributed by atoms with van der Waals surface area (Å²) in [5.74, 6) is 0.664. The molecule has 0 saturated heterocycles. The van der Waals surface area contributed by atoms with Gasteiger partial charge in [0.05, 0.1) is 20.3 Å². The molecule has 2 atom stereocenters. The van der Waals surface area contributed by atoms with Crippen LogP contribution in [0.4, 0.5) is 4.39 Å². The van der Waals surface area contributed by atoms with E-state index in [2.05, 4.69) is 29.3 Å². The van der Waals surface area contributed by atoms with Gasteiger partial charge in [0.15, 0.2) is 11.5 Å². The Balaban J connectivity index is 1.72. The molecule has 178 valence electrons. The van der Waals surface area contributed by atoms with Crippen LogP contribution in [-0.4, -0.2) is 37.6 Å². The molecule has 6 heteroatoms. The zero-order chi connectivity index (χ0) is 24.1. The number of ether oxygens (including phenoxy) is 2. The summed E-state index contributed by atoms with van der Waals surface area (Å²) in [6.45, 7) is 3.66. The Morgan fingerprint density at radius 2 is 1.79 bits per heavy atom. The minimum absolute atomic E-state index is 0.0775. The van der Waals surface area contributed by atoms with Crippen molar-refractivity contribution in [3.8, 4) is 11.5 Å². The van der Waals surface area contributed by atoms with Crippen LogP contribution in [0.1, 0.15) is 46.4 Å². The number of amides is 1. The molecule has 0 spiro atoms. The number of nitrogens with zero attached hydrogens (tertiary/aromatic N) is 1. The van der Waals surface area contributed by atoms with Crippen LogP contribution in [0.25, 0.3) is 0 Å². The van der Waals surface area contributed by atoms with E-state index in [0.29, 0.717) is 23.5 Å². The fraction of sp³-hybridized carbons (Fsp3) is 0.321. The standard InChI is InChI=1S/C28H31FN2O3/c1-4-24(30-28(32)21-11-8-12-22(29)15-21)27-23-17-26(34-3)25(33-2)16-20(23)13-14-31(27)18-19-9-6-5-7-10-19/h5-12,15-17,24,27H,4,13-14,18H2,1-3H3,(H,30,32). The number of hydrogen-bond donors (Lipinski definition) is 1. The summed E-state index contributed by atoms with van der Waals surface area (Å²) in [5, 5.41) is 3.18. The van der Waals surface area contributed by atoms with Gasteiger partial charge in [-0.25, -0.2) is 4.39 Å². The maximum absolute atomic E-state index is 13.7. The van der Waals surface area contributed by atoms with Gasteiger partial charge < -0.3 is 14.8 Å². The van der Waals surface area contributed by atoms with Crippen molar-refractivity contribution < 1.29 is 18.7 Å². The first-order valence-electron chi connectivity index (χ1n) is 11.6. The van der Waals surface area contributed by atoms with Crippen LogP contribution >= 0.6 is 0 Å². The van der Waals surface area contributed by atoms with Crippen molar-refractivity contribution in [2.45, 2.75) is 38.4 Å². The molecule has 2 unspecified atom stereocenters. The smallest absolute Gasteiger partial charge is 0.251 e. The number of benzene rings is 3. The fourth-order valence-corrected chi connectivity index (χ4v) is 4.78. The van der Waals surface area contributed by atoms with E-state index in [-0.39, 0.29) is 18.0 Å². The van der Waals surface area contributed by atoms with Crippen LogP contribution in [-0.2, 0) is 13.0 Å². The number of carbonyl (C=O) groups excluding carboxylic acids is 1. The predicted octanol–water partition coefficient (Wildman–Crippen LogP) is 5.15. The third-order valence-electron chi connectivity index (χ3n) is 6.48. The largest absolute Gasteiger partial charge is 0.493 e. The van der Waals surface area contributed by atoms with Crippen molar-refractivity contribution in [3.63, 3.8) is 0 Å². The third-order valence-corrected chi connectivity index (χ3v) is 6.48. The maximum atomic E-state index is 13.7. The molecule has 3 aromatic carbocycles. The summed E-state index contributed by atoms with van der Waals surface area (Å²) in [7, 11) is 3.27. The highest BCUT2D eigenvalue weighted by Gasteiger charge is 2.35. The van der Waals surface area contributed by atoms with Crippen LogP contribution in [0, 0.1) is 5.82 Å². The maximum Gasteiger partial charge on any atom is 0.251 e. The van der Waals surface area contributed by atoms with Crippen LogP contribution in [0.3, 0.4) is 0 Å². The molecule has 1 aliphatic rings. The lowest BCUT2D eigenvalue weighted by molar-refractivity contribution is 0.0858. The summed E-state index contributed by atoms with van der Waals surface area (Å²) >= 11 is 0. The van der Waals surface area contributed by atoms with Gasteiger partial charge in [-0.05, 0) is 59.9 Å². The molecule has 0 bridgehead atoms. The number of fused-ring (bicyclic) bond motifs is 1. The van der Waals surface area contributed by atoms with Gasteiger partial charge in [-0.3, -0.25) is 9.69 Å². The first-order chi connectivity index (χ1) is 16.5. The number of halogens is 1. The Hall–Kier alpha value is -3.38. The summed E-state index contributed by atoms with van der Waals surface area (Å²) in [4.78, 5) is 15.5. The molecule has 1 amide bonds. The van der Waals surface area contributed by atoms with Gasteiger partial charge in [-0.1, -0.05) is 43.3 Å². The van der Waals surface area contributed by atoms with Crippen LogP contribution < -0.4 is 14.8 Å². The molecule has 34 heavy (non-hydrogen) atoms. The van der Waals surface area contributed by atoms with E-state index in [1.807, 2.05) is 30.3 Å². The predicted molar refractivity (Wildman–Crippen MR) is 131 cm³/mol. The molecule has 0 fully saturated rings. The van der Waals surface area contributed by atoms with Crippen molar-refractivity contribution in [2.75, 3.05) is 20.8 Å². The first kappa shape index (κ1) is 23.8. The molecule has 0 radical (unpaired) electrons. The average molecular weight is 463 g/mol. The Kier molecular flexibility index (Phi) is 7.48. The Bertz CT molecular complexity index is 1140. The first-order valence-corrected chi connectivity index (χ1v) is 11.6. The number of hydrogen-bond acceptors (Lipinski definition) is 4. The van der Waals surface area contributed by atoms with Crippen molar-refractivity contribution in [1.82, 2.24) is 10.2 Å². The summed E-state index contributed by atoms with van der Waals surface area (Å²) in [6, 6.07) is 19.9. The van der Waals surface area contributed by atoms with E-state index in [0.717, 1.165) is 25.1 Å². The lowest BCUT2D eigenvalue weighted by Gasteiger charge is -2.42. The second-order valence-electron chi connectivity index (χ2n) is 8.56. The highest BCUT2D eigenvalue weighted by Crippen LogP contribution is 2.40. The minimum Gasteiger partial charge on any atom is -0.493 e. The van der Waals surface area contributed by atoms with E-state index >= 15 is 0 Å². The lowest BCUT2D eigenvalue weighted by atomic mass is 9.86. The number of rotatable bonds is 8. The Labute approximate surface area is 200 Å². The lowest BCUT2D eigenvalue weighted by Crippen LogP contribution is -2.48. The van der Waals surface area contributed by atoms with Gasteiger partial charge in [0.2, 0.25) is 0 Å². The van der Waals surface area contributed by atoms with E-state index in [1.54, 1.807) is 26.4 Å². The van der Waals surface area contributed by atoms with E-state index in [9.17, 15) is 9.18 Å². The number of carbonyl (C=O) groups is 1. The highest BCUT2D eigenvalue weighted by molar-refractivity contribution is 5.94. The van der Waals surface area contributed by atoms with Gasteiger partial charge in [0.25, 0.3) is 5.91 Å². The topological polar surface area (TPSA) is 50.8 Å². The number of methoxy groups -OCH3 is 2. The average Bonchev–Trinajstić information content (AvgIpc) is 2.87. The third kappa shape index (κ3) is 5.07. The molecule has 0 aliphatic carbocycles. The SMILES string of the molecule is CCC(NC(=O)c1cccc(F)c1)C1c2cc(OC)c(OC)cc2CCN1Cc1ccccc1. The van der Waals surface area contributed by atoms with Crippen LogP contribution in [0.2, 0.25) is 0 Å². The second-order valence-corrected chi connectivity index (χ2v) is 8.56. The van der Waals surface area contributed by atoms with Gasteiger partial charge in [-0.2, -0.15) is 0 Å². The van der Waals surface area contributed by atoms with E-state index in [1.165, 1.54) is 23.3 Å². The van der Waals surface area contributed by atoms with Gasteiger partial charge >= 0.3 is 0 Å². The van der Waals surface area contributed by atoms with Crippen molar-refractivity contribution in [2.24, 2.45) is 0 Å². The van der Waals surface area contributed by atoms with Crippen molar-refractivity contribution in [3.05, 3.63) is 94.8 Å². The molecule has 4 rings (SSSR count). The quantitative estimate of drug-likeness (QED) is 0.503. The summed E-state index contributed by atoms with van der Waals surface area (Å²) in [5.41, 5.74) is 3.83. The van der Waals surface area contributed by atoms with E-state index in [4.69, 9.17) is 9.47 Å². The molecule has 3 aromatic rings. The molecular formula is C28H31FN2O3. The van der Waals surface area contributed by atoms with Crippen molar-refractivity contribution >= 4 is 5.91 Å². The van der Waals surface area contributed by atoms with Gasteiger partial charge in [-0.15, -0.1) is 0 Å². The molecule has 1 heterocycles. The fourth-order valence-electron chi connectivity index (χ4n) is 4.78. The highest BCUT2D eigenvalue weighted by atomic mass is 19.1. The van der Waals surface area contributed by atoms with Gasteiger partial charge in [0, 0.05) is 24.7 Å². The zero-order valence-electron chi connectivity index (χ0n) is 19.9. The minimum atomic E-state index is -0.425. The molecule has 1 aliphatic heterocycles. The molecule has 0 aromatic heterocycles.